The van der Waals surface area contributed by atoms with Gasteiger partial charge in [0, 0.05) is 0 Å². The van der Waals surface area contributed by atoms with Crippen LogP contribution in [-0.2, 0) is 6.16 Å². The molecule has 3 heteroatoms. The zero-order valence-corrected chi connectivity index (χ0v) is 17.8. The van der Waals surface area contributed by atoms with Crippen molar-refractivity contribution in [1.82, 2.24) is 0 Å². The Bertz CT molecular complexity index is 1020. The molecular formula is C25H20BrFP+. The third kappa shape index (κ3) is 3.68. The SMILES string of the molecule is Fc1cccc(C[P+](c2ccccc2)(c2ccccc2)c2ccccc2Br)c1. The molecule has 0 saturated heterocycles. The van der Waals surface area contributed by atoms with E-state index in [2.05, 4.69) is 82.7 Å². The van der Waals surface area contributed by atoms with Crippen molar-refractivity contribution in [2.75, 3.05) is 0 Å². The zero-order valence-electron chi connectivity index (χ0n) is 15.3. The normalized spacial score (nSPS) is 11.4. The predicted molar refractivity (Wildman–Crippen MR) is 123 cm³/mol. The molecule has 0 nitrogen and oxygen atoms in total. The Morgan fingerprint density at radius 1 is 0.643 bits per heavy atom. The molecule has 4 aromatic carbocycles. The van der Waals surface area contributed by atoms with Crippen LogP contribution in [0.1, 0.15) is 5.56 Å². The second-order valence-electron chi connectivity index (χ2n) is 6.72. The summed E-state index contributed by atoms with van der Waals surface area (Å²) in [5.41, 5.74) is 1.01. The Labute approximate surface area is 174 Å². The van der Waals surface area contributed by atoms with Gasteiger partial charge in [0.25, 0.3) is 0 Å². The van der Waals surface area contributed by atoms with Gasteiger partial charge in [0.15, 0.2) is 0 Å². The molecule has 0 radical (unpaired) electrons. The number of hydrogen-bond acceptors (Lipinski definition) is 0. The van der Waals surface area contributed by atoms with E-state index in [1.807, 2.05) is 24.3 Å². The number of rotatable bonds is 5. The van der Waals surface area contributed by atoms with Gasteiger partial charge >= 0.3 is 0 Å². The maximum Gasteiger partial charge on any atom is 0.123 e. The fraction of sp³-hybridized carbons (Fsp3) is 0.0400. The van der Waals surface area contributed by atoms with Crippen LogP contribution in [0.15, 0.2) is 114 Å². The lowest BCUT2D eigenvalue weighted by molar-refractivity contribution is 0.626. The maximum atomic E-state index is 14.0. The summed E-state index contributed by atoms with van der Waals surface area (Å²) >= 11 is 3.81. The summed E-state index contributed by atoms with van der Waals surface area (Å²) in [7, 11) is -2.05. The molecule has 0 bridgehead atoms. The standard InChI is InChI=1S/C25H20BrFP/c26-24-16-7-8-17-25(24)28(22-12-3-1-4-13-22,23-14-5-2-6-15-23)19-20-10-9-11-21(27)18-20/h1-18H,19H2/q+1. The topological polar surface area (TPSA) is 0 Å². The molecule has 0 amide bonds. The summed E-state index contributed by atoms with van der Waals surface area (Å²) < 4.78 is 15.1. The van der Waals surface area contributed by atoms with Crippen LogP contribution < -0.4 is 15.9 Å². The highest BCUT2D eigenvalue weighted by Gasteiger charge is 2.46. The molecule has 0 aliphatic rings. The van der Waals surface area contributed by atoms with Crippen LogP contribution in [0, 0.1) is 5.82 Å². The predicted octanol–water partition coefficient (Wildman–Crippen LogP) is 6.08. The van der Waals surface area contributed by atoms with E-state index in [4.69, 9.17) is 0 Å². The molecule has 0 unspecified atom stereocenters. The molecule has 0 saturated carbocycles. The molecule has 4 rings (SSSR count). The Kier molecular flexibility index (Phi) is 5.71. The smallest absolute Gasteiger partial charge is 0.123 e. The van der Waals surface area contributed by atoms with Gasteiger partial charge in [0.05, 0.1) is 10.6 Å². The van der Waals surface area contributed by atoms with Crippen LogP contribution in [0.4, 0.5) is 4.39 Å². The zero-order chi connectivity index (χ0) is 19.4. The van der Waals surface area contributed by atoms with Gasteiger partial charge in [0.1, 0.15) is 29.0 Å². The van der Waals surface area contributed by atoms with E-state index in [1.54, 1.807) is 12.1 Å². The molecule has 0 aliphatic heterocycles. The lowest BCUT2D eigenvalue weighted by Crippen LogP contribution is -2.33. The van der Waals surface area contributed by atoms with E-state index in [0.29, 0.717) is 0 Å². The van der Waals surface area contributed by atoms with Crippen molar-refractivity contribution in [2.24, 2.45) is 0 Å². The van der Waals surface area contributed by atoms with Crippen molar-refractivity contribution in [3.63, 3.8) is 0 Å². The van der Waals surface area contributed by atoms with Gasteiger partial charge in [-0.25, -0.2) is 4.39 Å². The molecule has 0 N–H and O–H groups in total. The molecule has 0 heterocycles. The highest BCUT2D eigenvalue weighted by molar-refractivity contribution is 9.10. The van der Waals surface area contributed by atoms with Gasteiger partial charge in [-0.3, -0.25) is 0 Å². The first-order valence-corrected chi connectivity index (χ1v) is 12.0. The number of halogens is 2. The average Bonchev–Trinajstić information content (AvgIpc) is 2.74. The summed E-state index contributed by atoms with van der Waals surface area (Å²) in [5.74, 6) is -0.191. The Hall–Kier alpha value is -2.28. The van der Waals surface area contributed by atoms with Crippen molar-refractivity contribution in [2.45, 2.75) is 6.16 Å². The first-order valence-electron chi connectivity index (χ1n) is 9.19. The van der Waals surface area contributed by atoms with Gasteiger partial charge < -0.3 is 0 Å². The van der Waals surface area contributed by atoms with Crippen molar-refractivity contribution >= 4 is 39.1 Å². The monoisotopic (exact) mass is 449 g/mol. The van der Waals surface area contributed by atoms with Crippen LogP contribution in [-0.4, -0.2) is 0 Å². The van der Waals surface area contributed by atoms with E-state index in [0.717, 1.165) is 16.2 Å². The lowest BCUT2D eigenvalue weighted by atomic mass is 10.2. The van der Waals surface area contributed by atoms with Gasteiger partial charge in [-0.2, -0.15) is 0 Å². The summed E-state index contributed by atoms with van der Waals surface area (Å²) in [6.07, 6.45) is 0.765. The summed E-state index contributed by atoms with van der Waals surface area (Å²) in [4.78, 5) is 0. The van der Waals surface area contributed by atoms with Crippen LogP contribution in [0.3, 0.4) is 0 Å². The molecule has 4 aromatic rings. The van der Waals surface area contributed by atoms with Gasteiger partial charge in [0.2, 0.25) is 0 Å². The van der Waals surface area contributed by atoms with E-state index in [1.165, 1.54) is 22.0 Å². The van der Waals surface area contributed by atoms with E-state index < -0.39 is 7.26 Å². The maximum absolute atomic E-state index is 14.0. The number of hydrogen-bond donors (Lipinski definition) is 0. The molecule has 0 aromatic heterocycles. The minimum atomic E-state index is -2.05. The summed E-state index contributed by atoms with van der Waals surface area (Å²) in [6, 6.07) is 36.7. The van der Waals surface area contributed by atoms with Crippen molar-refractivity contribution in [3.8, 4) is 0 Å². The van der Waals surface area contributed by atoms with Gasteiger partial charge in [-0.1, -0.05) is 60.7 Å². The van der Waals surface area contributed by atoms with E-state index in [-0.39, 0.29) is 5.82 Å². The minimum absolute atomic E-state index is 0.191. The summed E-state index contributed by atoms with van der Waals surface area (Å²) in [5, 5.41) is 3.85. The van der Waals surface area contributed by atoms with Crippen LogP contribution in [0.25, 0.3) is 0 Å². The van der Waals surface area contributed by atoms with Gasteiger partial charge in [-0.05, 0) is 70.0 Å². The average molecular weight is 450 g/mol. The minimum Gasteiger partial charge on any atom is -0.207 e. The van der Waals surface area contributed by atoms with Crippen LogP contribution in [0.5, 0.6) is 0 Å². The van der Waals surface area contributed by atoms with Crippen LogP contribution >= 0.6 is 23.2 Å². The molecule has 138 valence electrons. The molecule has 0 aliphatic carbocycles. The van der Waals surface area contributed by atoms with E-state index >= 15 is 0 Å². The highest BCUT2D eigenvalue weighted by Crippen LogP contribution is 2.59. The first kappa shape index (κ1) is 19.1. The van der Waals surface area contributed by atoms with Crippen LogP contribution in [0.2, 0.25) is 0 Å². The fourth-order valence-corrected chi connectivity index (χ4v) is 9.20. The Morgan fingerprint density at radius 3 is 1.79 bits per heavy atom. The van der Waals surface area contributed by atoms with E-state index in [9.17, 15) is 4.39 Å². The third-order valence-electron chi connectivity index (χ3n) is 4.97. The first-order chi connectivity index (χ1) is 13.7. The Balaban J connectivity index is 2.04. The second-order valence-corrected chi connectivity index (χ2v) is 11.0. The van der Waals surface area contributed by atoms with Crippen molar-refractivity contribution in [3.05, 3.63) is 125 Å². The van der Waals surface area contributed by atoms with Gasteiger partial charge in [-0.15, -0.1) is 0 Å². The van der Waals surface area contributed by atoms with Crippen molar-refractivity contribution in [1.29, 1.82) is 0 Å². The second kappa shape index (κ2) is 8.39. The lowest BCUT2D eigenvalue weighted by Gasteiger charge is -2.28. The largest absolute Gasteiger partial charge is 0.207 e. The quantitative estimate of drug-likeness (QED) is 0.323. The molecule has 0 atom stereocenters. The summed E-state index contributed by atoms with van der Waals surface area (Å²) in [6.45, 7) is 0. The molecule has 28 heavy (non-hydrogen) atoms. The number of benzene rings is 4. The fourth-order valence-electron chi connectivity index (χ4n) is 3.73. The highest BCUT2D eigenvalue weighted by atomic mass is 79.9. The molecule has 0 spiro atoms. The third-order valence-corrected chi connectivity index (χ3v) is 10.4. The molecular weight excluding hydrogens is 430 g/mol. The molecule has 0 fully saturated rings. The Morgan fingerprint density at radius 2 is 1.21 bits per heavy atom. The van der Waals surface area contributed by atoms with Crippen molar-refractivity contribution < 1.29 is 4.39 Å².